The van der Waals surface area contributed by atoms with E-state index in [9.17, 15) is 9.59 Å². The first-order valence-electron chi connectivity index (χ1n) is 8.68. The van der Waals surface area contributed by atoms with Gasteiger partial charge in [-0.2, -0.15) is 5.10 Å². The molecule has 0 saturated carbocycles. The summed E-state index contributed by atoms with van der Waals surface area (Å²) in [6, 6.07) is 17.0. The first-order valence-corrected chi connectivity index (χ1v) is 9.06. The van der Waals surface area contributed by atoms with Crippen molar-refractivity contribution >= 4 is 34.8 Å². The van der Waals surface area contributed by atoms with Gasteiger partial charge < -0.3 is 14.5 Å². The molecule has 0 aliphatic rings. The van der Waals surface area contributed by atoms with E-state index in [1.54, 1.807) is 61.5 Å². The van der Waals surface area contributed by atoms with Crippen LogP contribution in [0.5, 0.6) is 5.75 Å². The number of halogens is 1. The van der Waals surface area contributed by atoms with Crippen molar-refractivity contribution in [3.05, 3.63) is 83.3 Å². The predicted octanol–water partition coefficient (Wildman–Crippen LogP) is 4.10. The second-order valence-electron chi connectivity index (χ2n) is 5.99. The lowest BCUT2D eigenvalue weighted by atomic mass is 10.1. The number of hydrogen-bond donors (Lipinski definition) is 2. The van der Waals surface area contributed by atoms with Gasteiger partial charge in [0.25, 0.3) is 11.8 Å². The van der Waals surface area contributed by atoms with Gasteiger partial charge in [0.1, 0.15) is 5.75 Å². The Labute approximate surface area is 172 Å². The molecule has 8 heteroatoms. The van der Waals surface area contributed by atoms with Crippen LogP contribution in [0, 0.1) is 0 Å². The molecule has 0 unspecified atom stereocenters. The Morgan fingerprint density at radius 2 is 1.90 bits per heavy atom. The van der Waals surface area contributed by atoms with E-state index in [2.05, 4.69) is 15.8 Å². The number of anilines is 1. The van der Waals surface area contributed by atoms with Crippen molar-refractivity contribution in [1.82, 2.24) is 5.43 Å². The monoisotopic (exact) mass is 411 g/mol. The third-order valence-corrected chi connectivity index (χ3v) is 4.07. The zero-order valence-electron chi connectivity index (χ0n) is 15.5. The van der Waals surface area contributed by atoms with Crippen LogP contribution in [0.1, 0.15) is 23.0 Å². The average molecular weight is 412 g/mol. The molecule has 1 heterocycles. The van der Waals surface area contributed by atoms with Gasteiger partial charge in [0.15, 0.2) is 12.4 Å². The van der Waals surface area contributed by atoms with Crippen molar-refractivity contribution in [1.29, 1.82) is 0 Å². The lowest BCUT2D eigenvalue weighted by Gasteiger charge is -2.07. The molecule has 0 aliphatic heterocycles. The summed E-state index contributed by atoms with van der Waals surface area (Å²) in [5.74, 6) is -0.00466. The third kappa shape index (κ3) is 5.95. The van der Waals surface area contributed by atoms with E-state index >= 15 is 0 Å². The Bertz CT molecular complexity index is 1010. The third-order valence-electron chi connectivity index (χ3n) is 3.82. The second-order valence-corrected chi connectivity index (χ2v) is 6.42. The molecule has 2 N–H and O–H groups in total. The molecule has 0 atom stereocenters. The number of hydrazone groups is 1. The van der Waals surface area contributed by atoms with Crippen LogP contribution in [0.25, 0.3) is 0 Å². The number of amides is 2. The van der Waals surface area contributed by atoms with Gasteiger partial charge >= 0.3 is 0 Å². The fraction of sp³-hybridized carbons (Fsp3) is 0.0952. The first-order chi connectivity index (χ1) is 14.0. The van der Waals surface area contributed by atoms with Crippen LogP contribution < -0.4 is 15.5 Å². The van der Waals surface area contributed by atoms with Crippen LogP contribution in [-0.4, -0.2) is 24.1 Å². The van der Waals surface area contributed by atoms with Crippen molar-refractivity contribution in [3.8, 4) is 5.75 Å². The summed E-state index contributed by atoms with van der Waals surface area (Å²) in [5.41, 5.74) is 4.33. The van der Waals surface area contributed by atoms with E-state index in [1.165, 1.54) is 6.26 Å². The van der Waals surface area contributed by atoms with Gasteiger partial charge in [-0.25, -0.2) is 5.43 Å². The molecular weight excluding hydrogens is 394 g/mol. The van der Waals surface area contributed by atoms with E-state index in [1.807, 2.05) is 6.07 Å². The smallest absolute Gasteiger partial charge is 0.291 e. The van der Waals surface area contributed by atoms with Crippen LogP contribution in [0.2, 0.25) is 5.02 Å². The summed E-state index contributed by atoms with van der Waals surface area (Å²) in [4.78, 5) is 24.0. The van der Waals surface area contributed by atoms with Gasteiger partial charge in [-0.05, 0) is 61.0 Å². The van der Waals surface area contributed by atoms with Crippen molar-refractivity contribution in [2.24, 2.45) is 5.10 Å². The molecule has 0 bridgehead atoms. The largest absolute Gasteiger partial charge is 0.484 e. The first kappa shape index (κ1) is 20.2. The SMILES string of the molecule is C/C(=N\NC(=O)COc1ccc(Cl)cc1)c1cccc(NC(=O)c2ccco2)c1. The average Bonchev–Trinajstić information content (AvgIpc) is 3.27. The maximum Gasteiger partial charge on any atom is 0.291 e. The molecular formula is C21H18ClN3O4. The minimum Gasteiger partial charge on any atom is -0.484 e. The lowest BCUT2D eigenvalue weighted by Crippen LogP contribution is -2.25. The quantitative estimate of drug-likeness (QED) is 0.452. The highest BCUT2D eigenvalue weighted by Gasteiger charge is 2.09. The number of rotatable bonds is 7. The highest BCUT2D eigenvalue weighted by Crippen LogP contribution is 2.15. The molecule has 148 valence electrons. The van der Waals surface area contributed by atoms with Gasteiger partial charge in [-0.3, -0.25) is 9.59 Å². The maximum atomic E-state index is 12.1. The lowest BCUT2D eigenvalue weighted by molar-refractivity contribution is -0.123. The number of nitrogens with zero attached hydrogens (tertiary/aromatic N) is 1. The number of benzene rings is 2. The molecule has 3 aromatic rings. The van der Waals surface area contributed by atoms with Gasteiger partial charge in [0.2, 0.25) is 0 Å². The number of carbonyl (C=O) groups is 2. The van der Waals surface area contributed by atoms with Gasteiger partial charge in [0, 0.05) is 10.7 Å². The number of furan rings is 1. The Morgan fingerprint density at radius 3 is 2.62 bits per heavy atom. The van der Waals surface area contributed by atoms with Crippen LogP contribution in [-0.2, 0) is 4.79 Å². The van der Waals surface area contributed by atoms with Crippen molar-refractivity contribution in [2.75, 3.05) is 11.9 Å². The Hall–Kier alpha value is -3.58. The molecule has 0 fully saturated rings. The molecule has 7 nitrogen and oxygen atoms in total. The van der Waals surface area contributed by atoms with Crippen LogP contribution in [0.4, 0.5) is 5.69 Å². The summed E-state index contributed by atoms with van der Waals surface area (Å²) < 4.78 is 10.4. The standard InChI is InChI=1S/C21H18ClN3O4/c1-14(24-25-20(26)13-29-18-9-7-16(22)8-10-18)15-4-2-5-17(12-15)23-21(27)19-6-3-11-28-19/h2-12H,13H2,1H3,(H,23,27)(H,25,26)/b24-14+. The van der Waals surface area contributed by atoms with Gasteiger partial charge in [-0.15, -0.1) is 0 Å². The topological polar surface area (TPSA) is 92.9 Å². The van der Waals surface area contributed by atoms with Gasteiger partial charge in [-0.1, -0.05) is 23.7 Å². The fourth-order valence-corrected chi connectivity index (χ4v) is 2.47. The molecule has 2 amide bonds. The number of nitrogens with one attached hydrogen (secondary N) is 2. The van der Waals surface area contributed by atoms with Gasteiger partial charge in [0.05, 0.1) is 12.0 Å². The van der Waals surface area contributed by atoms with Crippen molar-refractivity contribution in [3.63, 3.8) is 0 Å². The number of carbonyl (C=O) groups excluding carboxylic acids is 2. The zero-order chi connectivity index (χ0) is 20.6. The molecule has 2 aromatic carbocycles. The minimum absolute atomic E-state index is 0.183. The van der Waals surface area contributed by atoms with Crippen LogP contribution in [0.15, 0.2) is 76.4 Å². The van der Waals surface area contributed by atoms with E-state index in [-0.39, 0.29) is 18.3 Å². The summed E-state index contributed by atoms with van der Waals surface area (Å²) in [6.07, 6.45) is 1.43. The second kappa shape index (κ2) is 9.57. The summed E-state index contributed by atoms with van der Waals surface area (Å²) in [6.45, 7) is 1.56. The van der Waals surface area contributed by atoms with Crippen LogP contribution >= 0.6 is 11.6 Å². The number of hydrogen-bond acceptors (Lipinski definition) is 5. The Balaban J connectivity index is 1.55. The molecule has 0 radical (unpaired) electrons. The summed E-state index contributed by atoms with van der Waals surface area (Å²) in [5, 5.41) is 7.41. The molecule has 29 heavy (non-hydrogen) atoms. The van der Waals surface area contributed by atoms with E-state index in [0.717, 1.165) is 5.56 Å². The molecule has 3 rings (SSSR count). The Morgan fingerprint density at radius 1 is 1.10 bits per heavy atom. The predicted molar refractivity (Wildman–Crippen MR) is 110 cm³/mol. The van der Waals surface area contributed by atoms with E-state index in [0.29, 0.717) is 22.2 Å². The highest BCUT2D eigenvalue weighted by atomic mass is 35.5. The van der Waals surface area contributed by atoms with E-state index < -0.39 is 5.91 Å². The van der Waals surface area contributed by atoms with Crippen molar-refractivity contribution < 1.29 is 18.7 Å². The van der Waals surface area contributed by atoms with Crippen molar-refractivity contribution in [2.45, 2.75) is 6.92 Å². The Kier molecular flexibility index (Phi) is 6.65. The molecule has 0 spiro atoms. The minimum atomic E-state index is -0.401. The fourth-order valence-electron chi connectivity index (χ4n) is 2.35. The molecule has 0 saturated heterocycles. The maximum absolute atomic E-state index is 12.1. The highest BCUT2D eigenvalue weighted by molar-refractivity contribution is 6.30. The van der Waals surface area contributed by atoms with E-state index in [4.69, 9.17) is 20.8 Å². The zero-order valence-corrected chi connectivity index (χ0v) is 16.3. The van der Waals surface area contributed by atoms with Crippen LogP contribution in [0.3, 0.4) is 0 Å². The summed E-state index contributed by atoms with van der Waals surface area (Å²) >= 11 is 5.80. The molecule has 1 aromatic heterocycles. The normalized spacial score (nSPS) is 11.0. The summed E-state index contributed by atoms with van der Waals surface area (Å²) in [7, 11) is 0. The molecule has 0 aliphatic carbocycles. The number of ether oxygens (including phenoxy) is 1.